The van der Waals surface area contributed by atoms with E-state index in [4.69, 9.17) is 5.73 Å². The molecule has 45 heavy (non-hydrogen) atoms. The normalized spacial score (nSPS) is 30.8. The number of phenols is 1. The number of nitrogens with one attached hydrogen (secondary N) is 1. The molecule has 5 N–H and O–H groups in total. The summed E-state index contributed by atoms with van der Waals surface area (Å²) in [5.41, 5.74) is 1.89. The monoisotopic (exact) mass is 618 g/mol. The van der Waals surface area contributed by atoms with Crippen LogP contribution < -0.4 is 16.0 Å². The van der Waals surface area contributed by atoms with Crippen molar-refractivity contribution in [3.63, 3.8) is 0 Å². The molecule has 12 heteroatoms. The minimum absolute atomic E-state index is 0.0992. The van der Waals surface area contributed by atoms with E-state index in [1.54, 1.807) is 70.3 Å². The Bertz CT molecular complexity index is 1720. The number of likely N-dealkylation sites (N-methyl/N-ethyl adjacent to an activating group) is 1. The Hall–Kier alpha value is -4.42. The van der Waals surface area contributed by atoms with Crippen molar-refractivity contribution >= 4 is 46.3 Å². The lowest BCUT2D eigenvalue weighted by Crippen LogP contribution is -2.79. The van der Waals surface area contributed by atoms with Crippen LogP contribution in [-0.2, 0) is 30.4 Å². The highest BCUT2D eigenvalue weighted by Crippen LogP contribution is 2.62. The number of fused-ring (bicyclic) bond motifs is 3. The Labute approximate surface area is 260 Å². The smallest absolute Gasteiger partial charge is 0.235 e. The van der Waals surface area contributed by atoms with Crippen LogP contribution in [-0.4, -0.2) is 89.9 Å². The number of Topliss-reactive ketones (excluding diaryl/α,β-unsaturated/α-hetero) is 4. The number of hydrogen-bond acceptors (Lipinski definition) is 10. The average molecular weight is 619 g/mol. The standard InChI is InChI=1S/C33H38N4O8/c1-15(38)35-17-10-8-9-16(11-17)18-12-20(36(4)5)19-13-31(2)14-32(3)27(37(6)7)26(41)22(30(34)44)28(42)33(32,45)29(43)23(31)25(40)21(19)24(18)39/h8-12,22-23,27,39,45H,13-14H2,1-7H3,(H2,34,44)(H,35,38)/t22?,23?,27-,31+,32+,33-/m1/s1. The van der Waals surface area contributed by atoms with E-state index in [9.17, 15) is 39.0 Å². The number of aromatic hydroxyl groups is 1. The summed E-state index contributed by atoms with van der Waals surface area (Å²) in [6, 6.07) is 7.19. The third-order valence-corrected chi connectivity index (χ3v) is 9.94. The summed E-state index contributed by atoms with van der Waals surface area (Å²) >= 11 is 0. The van der Waals surface area contributed by atoms with Gasteiger partial charge < -0.3 is 26.2 Å². The first-order valence-electron chi connectivity index (χ1n) is 14.6. The molecule has 2 unspecified atom stereocenters. The molecule has 0 heterocycles. The van der Waals surface area contributed by atoms with Crippen molar-refractivity contribution in [3.05, 3.63) is 41.5 Å². The number of carbonyl (C=O) groups excluding carboxylic acids is 6. The molecule has 2 aromatic carbocycles. The van der Waals surface area contributed by atoms with E-state index in [2.05, 4.69) is 5.32 Å². The molecule has 2 saturated carbocycles. The lowest BCUT2D eigenvalue weighted by molar-refractivity contribution is -0.203. The van der Waals surface area contributed by atoms with E-state index in [1.165, 1.54) is 18.7 Å². The number of primary amides is 1. The van der Waals surface area contributed by atoms with Crippen molar-refractivity contribution in [2.75, 3.05) is 38.4 Å². The number of carbonyl (C=O) groups is 6. The number of amides is 2. The van der Waals surface area contributed by atoms with Gasteiger partial charge in [-0.15, -0.1) is 0 Å². The van der Waals surface area contributed by atoms with Gasteiger partial charge in [-0.1, -0.05) is 26.0 Å². The van der Waals surface area contributed by atoms with E-state index in [1.807, 2.05) is 0 Å². The Kier molecular flexibility index (Phi) is 7.33. The fourth-order valence-electron chi connectivity index (χ4n) is 8.35. The maximum Gasteiger partial charge on any atom is 0.235 e. The Morgan fingerprint density at radius 2 is 1.67 bits per heavy atom. The molecule has 0 aromatic heterocycles. The maximum absolute atomic E-state index is 14.5. The Morgan fingerprint density at radius 3 is 2.22 bits per heavy atom. The minimum atomic E-state index is -2.88. The zero-order chi connectivity index (χ0) is 33.5. The van der Waals surface area contributed by atoms with Crippen molar-refractivity contribution in [1.82, 2.24) is 4.90 Å². The summed E-state index contributed by atoms with van der Waals surface area (Å²) in [5, 5.41) is 26.5. The lowest BCUT2D eigenvalue weighted by atomic mass is 9.42. The van der Waals surface area contributed by atoms with Crippen molar-refractivity contribution < 1.29 is 39.0 Å². The molecule has 2 amide bonds. The lowest BCUT2D eigenvalue weighted by Gasteiger charge is -2.61. The van der Waals surface area contributed by atoms with Gasteiger partial charge in [0.15, 0.2) is 34.7 Å². The largest absolute Gasteiger partial charge is 0.507 e. The van der Waals surface area contributed by atoms with Crippen molar-refractivity contribution in [2.45, 2.75) is 45.3 Å². The van der Waals surface area contributed by atoms with Crippen LogP contribution in [0.5, 0.6) is 5.75 Å². The van der Waals surface area contributed by atoms with Gasteiger partial charge in [-0.05, 0) is 61.7 Å². The first kappa shape index (κ1) is 32.0. The molecular formula is C33H38N4O8. The number of nitrogens with zero attached hydrogens (tertiary/aromatic N) is 2. The minimum Gasteiger partial charge on any atom is -0.507 e. The fourth-order valence-corrected chi connectivity index (χ4v) is 8.35. The Morgan fingerprint density at radius 1 is 1.02 bits per heavy atom. The van der Waals surface area contributed by atoms with E-state index >= 15 is 0 Å². The summed E-state index contributed by atoms with van der Waals surface area (Å²) in [7, 11) is 6.65. The van der Waals surface area contributed by atoms with Gasteiger partial charge in [-0.3, -0.25) is 33.7 Å². The number of anilines is 2. The first-order valence-corrected chi connectivity index (χ1v) is 14.6. The van der Waals surface area contributed by atoms with Gasteiger partial charge in [0.05, 0.1) is 17.5 Å². The quantitative estimate of drug-likeness (QED) is 0.356. The third-order valence-electron chi connectivity index (χ3n) is 9.94. The highest BCUT2D eigenvalue weighted by atomic mass is 16.3. The van der Waals surface area contributed by atoms with Crippen LogP contribution in [0.25, 0.3) is 11.1 Å². The summed E-state index contributed by atoms with van der Waals surface area (Å²) in [6.45, 7) is 4.55. The van der Waals surface area contributed by atoms with E-state index in [0.29, 0.717) is 22.5 Å². The summed E-state index contributed by atoms with van der Waals surface area (Å²) in [5.74, 6) is -9.62. The molecule has 3 aliphatic rings. The molecule has 0 bridgehead atoms. The zero-order valence-electron chi connectivity index (χ0n) is 26.3. The summed E-state index contributed by atoms with van der Waals surface area (Å²) in [6.07, 6.45) is 0.00323. The second kappa shape index (κ2) is 10.3. The van der Waals surface area contributed by atoms with Crippen molar-refractivity contribution in [2.24, 2.45) is 28.4 Å². The number of aliphatic hydroxyl groups is 1. The van der Waals surface area contributed by atoms with E-state index in [0.717, 1.165) is 0 Å². The second-order valence-corrected chi connectivity index (χ2v) is 13.6. The van der Waals surface area contributed by atoms with Gasteiger partial charge in [0.25, 0.3) is 0 Å². The van der Waals surface area contributed by atoms with Gasteiger partial charge >= 0.3 is 0 Å². The van der Waals surface area contributed by atoms with E-state index in [-0.39, 0.29) is 35.6 Å². The van der Waals surface area contributed by atoms with E-state index < -0.39 is 63.3 Å². The van der Waals surface area contributed by atoms with Crippen LogP contribution in [0.3, 0.4) is 0 Å². The number of nitrogens with two attached hydrogens (primary N) is 1. The van der Waals surface area contributed by atoms with Gasteiger partial charge in [-0.25, -0.2) is 0 Å². The molecule has 0 spiro atoms. The molecular weight excluding hydrogens is 580 g/mol. The van der Waals surface area contributed by atoms with Gasteiger partial charge in [0, 0.05) is 43.4 Å². The summed E-state index contributed by atoms with van der Waals surface area (Å²) in [4.78, 5) is 83.7. The number of phenolic OH excluding ortho intramolecular Hbond substituents is 1. The van der Waals surface area contributed by atoms with Crippen LogP contribution >= 0.6 is 0 Å². The molecule has 2 aromatic rings. The molecule has 6 atom stereocenters. The van der Waals surface area contributed by atoms with Crippen LogP contribution in [0.4, 0.5) is 11.4 Å². The number of benzene rings is 2. The molecule has 2 fully saturated rings. The zero-order valence-corrected chi connectivity index (χ0v) is 26.3. The number of ketones is 4. The molecule has 0 saturated heterocycles. The predicted molar refractivity (Wildman–Crippen MR) is 165 cm³/mol. The van der Waals surface area contributed by atoms with Crippen LogP contribution in [0, 0.1) is 22.7 Å². The molecule has 238 valence electrons. The SMILES string of the molecule is CC(=O)Nc1cccc(-c2cc(N(C)C)c3c(c2O)C(=O)C2C(=O)[C@]4(O)C(=O)C(C(N)=O)C(=O)[C@@H](N(C)C)[C@]4(C)C[C@]2(C)C3)c1. The van der Waals surface area contributed by atoms with Gasteiger partial charge in [0.1, 0.15) is 5.75 Å². The van der Waals surface area contributed by atoms with Gasteiger partial charge in [0.2, 0.25) is 11.8 Å². The van der Waals surface area contributed by atoms with Crippen molar-refractivity contribution in [1.29, 1.82) is 0 Å². The van der Waals surface area contributed by atoms with Gasteiger partial charge in [-0.2, -0.15) is 0 Å². The van der Waals surface area contributed by atoms with Crippen LogP contribution in [0.2, 0.25) is 0 Å². The second-order valence-electron chi connectivity index (χ2n) is 13.6. The predicted octanol–water partition coefficient (Wildman–Crippen LogP) is 1.34. The first-order chi connectivity index (χ1) is 20.8. The third kappa shape index (κ3) is 4.33. The summed E-state index contributed by atoms with van der Waals surface area (Å²) < 4.78 is 0. The molecule has 3 aliphatic carbocycles. The Balaban J connectivity index is 1.74. The number of rotatable bonds is 5. The topological polar surface area (TPSA) is 187 Å². The molecule has 12 nitrogen and oxygen atoms in total. The molecule has 5 rings (SSSR count). The number of hydrogen-bond donors (Lipinski definition) is 4. The highest BCUT2D eigenvalue weighted by molar-refractivity contribution is 6.33. The maximum atomic E-state index is 14.5. The van der Waals surface area contributed by atoms with Crippen LogP contribution in [0.15, 0.2) is 30.3 Å². The molecule has 0 radical (unpaired) electrons. The highest BCUT2D eigenvalue weighted by Gasteiger charge is 2.76. The average Bonchev–Trinajstić information content (AvgIpc) is 2.90. The van der Waals surface area contributed by atoms with Crippen molar-refractivity contribution in [3.8, 4) is 16.9 Å². The van der Waals surface area contributed by atoms with Crippen LogP contribution in [0.1, 0.15) is 43.1 Å². The molecule has 0 aliphatic heterocycles. The fraction of sp³-hybridized carbons (Fsp3) is 0.455.